The van der Waals surface area contributed by atoms with Gasteiger partial charge < -0.3 is 0 Å². The van der Waals surface area contributed by atoms with E-state index in [1.54, 1.807) is 0 Å². The Morgan fingerprint density at radius 2 is 0.714 bits per heavy atom. The van der Waals surface area contributed by atoms with Crippen LogP contribution >= 0.6 is 0 Å². The summed E-state index contributed by atoms with van der Waals surface area (Å²) in [4.78, 5) is 0. The molecule has 0 atom stereocenters. The van der Waals surface area contributed by atoms with Crippen LogP contribution in [0.5, 0.6) is 0 Å². The minimum Gasteiger partial charge on any atom is -0.0622 e. The van der Waals surface area contributed by atoms with Crippen LogP contribution < -0.4 is 0 Å². The first-order valence-electron chi connectivity index (χ1n) is 6.84. The maximum Gasteiger partial charge on any atom is 0.187 e. The molecule has 0 unspecified atom stereocenters. The third kappa shape index (κ3) is 2.95. The largest absolute Gasteiger partial charge is 0.187 e. The standard InChI is InChI=1S/C20H17.Al.3H/c1-20(17-11-5-2-6-12-17,18-13-7-3-8-14-18)19-15-9-4-10-16-19;;;;/h2-16H,1H2;;;;. The van der Waals surface area contributed by atoms with Gasteiger partial charge in [0.25, 0.3) is 0 Å². The maximum atomic E-state index is 4.58. The summed E-state index contributed by atoms with van der Waals surface area (Å²) in [5.74, 6) is 0. The normalized spacial score (nSPS) is 10.7. The van der Waals surface area contributed by atoms with Crippen LogP contribution in [-0.4, -0.2) is 17.4 Å². The Balaban J connectivity index is 0.00000161. The van der Waals surface area contributed by atoms with Gasteiger partial charge in [-0.05, 0) is 23.6 Å². The fourth-order valence-corrected chi connectivity index (χ4v) is 2.67. The molecule has 0 amide bonds. The molecule has 0 aliphatic heterocycles. The van der Waals surface area contributed by atoms with Crippen molar-refractivity contribution in [2.24, 2.45) is 0 Å². The molecule has 0 aliphatic carbocycles. The van der Waals surface area contributed by atoms with Crippen LogP contribution in [0.1, 0.15) is 16.7 Å². The Bertz CT molecular complexity index is 563. The molecule has 0 fully saturated rings. The van der Waals surface area contributed by atoms with Gasteiger partial charge in [-0.25, -0.2) is 0 Å². The summed E-state index contributed by atoms with van der Waals surface area (Å²) in [6.07, 6.45) is 0. The number of rotatable bonds is 3. The van der Waals surface area contributed by atoms with Gasteiger partial charge in [0, 0.05) is 5.41 Å². The van der Waals surface area contributed by atoms with E-state index in [9.17, 15) is 0 Å². The van der Waals surface area contributed by atoms with E-state index in [0.29, 0.717) is 0 Å². The summed E-state index contributed by atoms with van der Waals surface area (Å²) in [7, 11) is 0. The third-order valence-corrected chi connectivity index (χ3v) is 3.80. The summed E-state index contributed by atoms with van der Waals surface area (Å²) in [6, 6.07) is 31.4. The molecule has 103 valence electrons. The average Bonchev–Trinajstić information content (AvgIpc) is 2.56. The van der Waals surface area contributed by atoms with Gasteiger partial charge in [-0.15, -0.1) is 0 Å². The van der Waals surface area contributed by atoms with Crippen molar-refractivity contribution in [3.8, 4) is 0 Å². The molecule has 3 aromatic rings. The molecule has 21 heavy (non-hydrogen) atoms. The van der Waals surface area contributed by atoms with Gasteiger partial charge in [0.1, 0.15) is 0 Å². The van der Waals surface area contributed by atoms with Crippen molar-refractivity contribution in [2.75, 3.05) is 0 Å². The zero-order valence-corrected chi connectivity index (χ0v) is 11.4. The highest BCUT2D eigenvalue weighted by Gasteiger charge is 2.30. The quantitative estimate of drug-likeness (QED) is 0.509. The van der Waals surface area contributed by atoms with Crippen molar-refractivity contribution in [1.82, 2.24) is 0 Å². The van der Waals surface area contributed by atoms with E-state index < -0.39 is 0 Å². The van der Waals surface area contributed by atoms with Gasteiger partial charge in [0.15, 0.2) is 17.4 Å². The van der Waals surface area contributed by atoms with Crippen LogP contribution in [0.3, 0.4) is 0 Å². The number of hydrogen-bond donors (Lipinski definition) is 0. The molecular weight excluding hydrogens is 267 g/mol. The molecule has 0 aromatic heterocycles. The number of hydrogen-bond acceptors (Lipinski definition) is 0. The fraction of sp³-hybridized carbons (Fsp3) is 0.0500. The minimum absolute atomic E-state index is 0. The highest BCUT2D eigenvalue weighted by Crippen LogP contribution is 2.37. The predicted octanol–water partition coefficient (Wildman–Crippen LogP) is 3.67. The minimum atomic E-state index is -0.371. The van der Waals surface area contributed by atoms with E-state index in [4.69, 9.17) is 0 Å². The Kier molecular flexibility index (Phi) is 5.02. The van der Waals surface area contributed by atoms with E-state index >= 15 is 0 Å². The highest BCUT2D eigenvalue weighted by molar-refractivity contribution is 5.75. The van der Waals surface area contributed by atoms with Crippen LogP contribution in [0.4, 0.5) is 0 Å². The molecule has 0 N–H and O–H groups in total. The van der Waals surface area contributed by atoms with E-state index in [2.05, 4.69) is 79.7 Å². The molecule has 0 spiro atoms. The van der Waals surface area contributed by atoms with Crippen molar-refractivity contribution >= 4 is 17.4 Å². The highest BCUT2D eigenvalue weighted by atomic mass is 27.0. The van der Waals surface area contributed by atoms with E-state index in [0.717, 1.165) is 0 Å². The molecule has 0 aliphatic rings. The van der Waals surface area contributed by atoms with Crippen LogP contribution in [0.2, 0.25) is 0 Å². The van der Waals surface area contributed by atoms with Crippen molar-refractivity contribution in [3.05, 3.63) is 115 Å². The Morgan fingerprint density at radius 1 is 0.476 bits per heavy atom. The zero-order valence-electron chi connectivity index (χ0n) is 11.4. The summed E-state index contributed by atoms with van der Waals surface area (Å²) in [6.45, 7) is 4.58. The molecule has 0 saturated heterocycles. The zero-order chi connectivity index (χ0) is 13.8. The second kappa shape index (κ2) is 6.77. The second-order valence-electron chi connectivity index (χ2n) is 5.00. The molecule has 3 rings (SSSR count). The lowest BCUT2D eigenvalue weighted by Crippen LogP contribution is -2.25. The first kappa shape index (κ1) is 15.6. The Hall–Kier alpha value is -1.81. The van der Waals surface area contributed by atoms with Gasteiger partial charge in [0.2, 0.25) is 0 Å². The second-order valence-corrected chi connectivity index (χ2v) is 5.00. The first-order chi connectivity index (χ1) is 9.82. The molecule has 1 radical (unpaired) electrons. The topological polar surface area (TPSA) is 0 Å². The van der Waals surface area contributed by atoms with Gasteiger partial charge in [-0.3, -0.25) is 0 Å². The van der Waals surface area contributed by atoms with Crippen LogP contribution in [0, 0.1) is 6.92 Å². The van der Waals surface area contributed by atoms with E-state index in [1.165, 1.54) is 16.7 Å². The summed E-state index contributed by atoms with van der Waals surface area (Å²) in [5.41, 5.74) is 3.25. The van der Waals surface area contributed by atoms with Crippen molar-refractivity contribution < 1.29 is 0 Å². The maximum absolute atomic E-state index is 4.58. The summed E-state index contributed by atoms with van der Waals surface area (Å²) in [5, 5.41) is 0. The lowest BCUT2D eigenvalue weighted by molar-refractivity contribution is 0.774. The fourth-order valence-electron chi connectivity index (χ4n) is 2.67. The Labute approximate surface area is 137 Å². The van der Waals surface area contributed by atoms with Crippen molar-refractivity contribution in [2.45, 2.75) is 5.41 Å². The molecule has 0 heterocycles. The lowest BCUT2D eigenvalue weighted by atomic mass is 9.71. The van der Waals surface area contributed by atoms with Crippen LogP contribution in [0.25, 0.3) is 0 Å². The molecule has 1 heteroatoms. The molecule has 0 saturated carbocycles. The van der Waals surface area contributed by atoms with Crippen LogP contribution in [-0.2, 0) is 5.41 Å². The molecule has 0 bridgehead atoms. The summed E-state index contributed by atoms with van der Waals surface area (Å²) < 4.78 is 0. The van der Waals surface area contributed by atoms with E-state index in [1.807, 2.05) is 18.2 Å². The van der Waals surface area contributed by atoms with Crippen molar-refractivity contribution in [1.29, 1.82) is 0 Å². The lowest BCUT2D eigenvalue weighted by Gasteiger charge is -2.31. The Morgan fingerprint density at radius 3 is 0.952 bits per heavy atom. The van der Waals surface area contributed by atoms with Gasteiger partial charge in [-0.1, -0.05) is 91.0 Å². The molecular formula is C20H20Al. The van der Waals surface area contributed by atoms with Gasteiger partial charge in [-0.2, -0.15) is 0 Å². The van der Waals surface area contributed by atoms with Gasteiger partial charge in [0.05, 0.1) is 0 Å². The smallest absolute Gasteiger partial charge is 0.0622 e. The SMILES string of the molecule is [AlH3].[CH2]C(c1ccccc1)(c1ccccc1)c1ccccc1. The van der Waals surface area contributed by atoms with Gasteiger partial charge >= 0.3 is 0 Å². The van der Waals surface area contributed by atoms with E-state index in [-0.39, 0.29) is 22.8 Å². The van der Waals surface area contributed by atoms with Crippen molar-refractivity contribution in [3.63, 3.8) is 0 Å². The first-order valence-corrected chi connectivity index (χ1v) is 6.84. The number of benzene rings is 3. The molecule has 0 nitrogen and oxygen atoms in total. The van der Waals surface area contributed by atoms with Crippen LogP contribution in [0.15, 0.2) is 91.0 Å². The third-order valence-electron chi connectivity index (χ3n) is 3.80. The monoisotopic (exact) mass is 287 g/mol. The average molecular weight is 287 g/mol. The molecule has 3 aromatic carbocycles. The predicted molar refractivity (Wildman–Crippen MR) is 94.5 cm³/mol. The summed E-state index contributed by atoms with van der Waals surface area (Å²) >= 11 is 0.